The molecule has 1 heterocycles. The lowest BCUT2D eigenvalue weighted by atomic mass is 10.1. The first-order chi connectivity index (χ1) is 7.61. The van der Waals surface area contributed by atoms with E-state index in [1.807, 2.05) is 30.3 Å². The van der Waals surface area contributed by atoms with Crippen LogP contribution in [0.25, 0.3) is 11.3 Å². The summed E-state index contributed by atoms with van der Waals surface area (Å²) in [5.74, 6) is -1.12. The van der Waals surface area contributed by atoms with Gasteiger partial charge in [0, 0.05) is 12.6 Å². The molecule has 3 N–H and O–H groups in total. The summed E-state index contributed by atoms with van der Waals surface area (Å²) in [5, 5.41) is 12.8. The van der Waals surface area contributed by atoms with Crippen molar-refractivity contribution in [2.45, 2.75) is 0 Å². The predicted octanol–water partition coefficient (Wildman–Crippen LogP) is 1.37. The molecule has 0 atom stereocenters. The fourth-order valence-corrected chi connectivity index (χ4v) is 1.64. The minimum absolute atomic E-state index is 0.110. The SMILES string of the molecule is Cn1nc(C(=O)O)c(N)c1-c1ccccc1. The zero-order valence-corrected chi connectivity index (χ0v) is 8.71. The van der Waals surface area contributed by atoms with Gasteiger partial charge in [0.1, 0.15) is 0 Å². The highest BCUT2D eigenvalue weighted by molar-refractivity contribution is 5.95. The number of aryl methyl sites for hydroxylation is 1. The van der Waals surface area contributed by atoms with Crippen LogP contribution >= 0.6 is 0 Å². The Hall–Kier alpha value is -2.30. The van der Waals surface area contributed by atoms with Crippen LogP contribution in [0, 0.1) is 0 Å². The van der Waals surface area contributed by atoms with Crippen LogP contribution in [-0.2, 0) is 7.05 Å². The van der Waals surface area contributed by atoms with Crippen molar-refractivity contribution in [3.8, 4) is 11.3 Å². The van der Waals surface area contributed by atoms with Crippen molar-refractivity contribution in [3.05, 3.63) is 36.0 Å². The number of nitrogens with two attached hydrogens (primary N) is 1. The maximum atomic E-state index is 10.9. The smallest absolute Gasteiger partial charge is 0.358 e. The second kappa shape index (κ2) is 3.69. The standard InChI is InChI=1S/C11H11N3O2/c1-14-10(7-5-3-2-4-6-7)8(12)9(13-14)11(15)16/h2-6H,12H2,1H3,(H,15,16). The van der Waals surface area contributed by atoms with Gasteiger partial charge < -0.3 is 10.8 Å². The highest BCUT2D eigenvalue weighted by Crippen LogP contribution is 2.27. The number of aromatic carboxylic acids is 1. The molecule has 0 spiro atoms. The van der Waals surface area contributed by atoms with Crippen molar-refractivity contribution < 1.29 is 9.90 Å². The first-order valence-electron chi connectivity index (χ1n) is 4.72. The number of nitrogen functional groups attached to an aromatic ring is 1. The third-order valence-electron chi connectivity index (χ3n) is 2.33. The van der Waals surface area contributed by atoms with Crippen molar-refractivity contribution in [2.75, 3.05) is 5.73 Å². The normalized spacial score (nSPS) is 10.3. The molecule has 16 heavy (non-hydrogen) atoms. The molecule has 5 nitrogen and oxygen atoms in total. The summed E-state index contributed by atoms with van der Waals surface area (Å²) in [6.45, 7) is 0. The maximum Gasteiger partial charge on any atom is 0.358 e. The summed E-state index contributed by atoms with van der Waals surface area (Å²) in [6, 6.07) is 9.33. The van der Waals surface area contributed by atoms with Crippen LogP contribution in [0.1, 0.15) is 10.5 Å². The van der Waals surface area contributed by atoms with Gasteiger partial charge in [-0.2, -0.15) is 5.10 Å². The molecule has 0 radical (unpaired) electrons. The third kappa shape index (κ3) is 1.52. The number of anilines is 1. The zero-order chi connectivity index (χ0) is 11.7. The molecule has 5 heteroatoms. The van der Waals surface area contributed by atoms with Crippen LogP contribution in [-0.4, -0.2) is 20.9 Å². The number of carboxylic acid groups (broad SMARTS) is 1. The number of benzene rings is 1. The number of hydrogen-bond donors (Lipinski definition) is 2. The molecule has 82 valence electrons. The van der Waals surface area contributed by atoms with Crippen molar-refractivity contribution in [1.82, 2.24) is 9.78 Å². The molecule has 1 aromatic heterocycles. The molecule has 0 bridgehead atoms. The Kier molecular flexibility index (Phi) is 2.36. The van der Waals surface area contributed by atoms with Crippen LogP contribution in [0.5, 0.6) is 0 Å². The van der Waals surface area contributed by atoms with Gasteiger partial charge in [0.05, 0.1) is 11.4 Å². The number of carbonyl (C=O) groups is 1. The molecular weight excluding hydrogens is 206 g/mol. The summed E-state index contributed by atoms with van der Waals surface area (Å²) < 4.78 is 1.48. The Bertz CT molecular complexity index is 532. The minimum atomic E-state index is -1.12. The Morgan fingerprint density at radius 3 is 2.50 bits per heavy atom. The van der Waals surface area contributed by atoms with E-state index in [0.717, 1.165) is 5.56 Å². The lowest BCUT2D eigenvalue weighted by Crippen LogP contribution is -2.01. The van der Waals surface area contributed by atoms with Crippen molar-refractivity contribution in [3.63, 3.8) is 0 Å². The van der Waals surface area contributed by atoms with E-state index in [1.54, 1.807) is 7.05 Å². The quantitative estimate of drug-likeness (QED) is 0.796. The highest BCUT2D eigenvalue weighted by Gasteiger charge is 2.19. The second-order valence-electron chi connectivity index (χ2n) is 3.41. The van der Waals surface area contributed by atoms with Gasteiger partial charge in [-0.05, 0) is 0 Å². The molecule has 0 amide bonds. The van der Waals surface area contributed by atoms with E-state index in [0.29, 0.717) is 5.69 Å². The summed E-state index contributed by atoms with van der Waals surface area (Å²) in [6.07, 6.45) is 0. The Labute approximate surface area is 92.1 Å². The van der Waals surface area contributed by atoms with Gasteiger partial charge in [-0.15, -0.1) is 0 Å². The van der Waals surface area contributed by atoms with E-state index in [-0.39, 0.29) is 11.4 Å². The van der Waals surface area contributed by atoms with Gasteiger partial charge in [0.25, 0.3) is 0 Å². The number of nitrogens with zero attached hydrogens (tertiary/aromatic N) is 2. The average Bonchev–Trinajstić information content (AvgIpc) is 2.56. The highest BCUT2D eigenvalue weighted by atomic mass is 16.4. The molecule has 0 aliphatic carbocycles. The van der Waals surface area contributed by atoms with E-state index < -0.39 is 5.97 Å². The van der Waals surface area contributed by atoms with E-state index >= 15 is 0 Å². The molecule has 0 saturated carbocycles. The number of aromatic nitrogens is 2. The van der Waals surface area contributed by atoms with Gasteiger partial charge in [-0.3, -0.25) is 4.68 Å². The Balaban J connectivity index is 2.63. The van der Waals surface area contributed by atoms with Crippen molar-refractivity contribution in [2.24, 2.45) is 7.05 Å². The summed E-state index contributed by atoms with van der Waals surface area (Å²) >= 11 is 0. The van der Waals surface area contributed by atoms with Crippen LogP contribution in [0.3, 0.4) is 0 Å². The summed E-state index contributed by atoms with van der Waals surface area (Å²) in [7, 11) is 1.67. The van der Waals surface area contributed by atoms with Crippen molar-refractivity contribution >= 4 is 11.7 Å². The van der Waals surface area contributed by atoms with Gasteiger partial charge >= 0.3 is 5.97 Å². The van der Waals surface area contributed by atoms with Gasteiger partial charge in [0.15, 0.2) is 5.69 Å². The molecule has 2 rings (SSSR count). The van der Waals surface area contributed by atoms with Gasteiger partial charge in [-0.1, -0.05) is 30.3 Å². The topological polar surface area (TPSA) is 81.1 Å². The van der Waals surface area contributed by atoms with Crippen LogP contribution in [0.15, 0.2) is 30.3 Å². The molecule has 0 fully saturated rings. The molecule has 0 saturated heterocycles. The summed E-state index contributed by atoms with van der Waals surface area (Å²) in [5.41, 5.74) is 7.33. The lowest BCUT2D eigenvalue weighted by Gasteiger charge is -2.02. The number of rotatable bonds is 2. The van der Waals surface area contributed by atoms with E-state index in [2.05, 4.69) is 5.10 Å². The maximum absolute atomic E-state index is 10.9. The van der Waals surface area contributed by atoms with E-state index in [9.17, 15) is 4.79 Å². The molecule has 0 aliphatic rings. The van der Waals surface area contributed by atoms with Crippen molar-refractivity contribution in [1.29, 1.82) is 0 Å². The zero-order valence-electron chi connectivity index (χ0n) is 8.71. The van der Waals surface area contributed by atoms with Gasteiger partial charge in [0.2, 0.25) is 0 Å². The predicted molar refractivity (Wildman–Crippen MR) is 60.0 cm³/mol. The van der Waals surface area contributed by atoms with Crippen LogP contribution in [0.2, 0.25) is 0 Å². The van der Waals surface area contributed by atoms with Crippen LogP contribution in [0.4, 0.5) is 5.69 Å². The molecule has 2 aromatic rings. The molecular formula is C11H11N3O2. The molecule has 0 unspecified atom stereocenters. The Morgan fingerprint density at radius 2 is 2.00 bits per heavy atom. The second-order valence-corrected chi connectivity index (χ2v) is 3.41. The average molecular weight is 217 g/mol. The fourth-order valence-electron chi connectivity index (χ4n) is 1.64. The fraction of sp³-hybridized carbons (Fsp3) is 0.0909. The first kappa shape index (κ1) is 10.2. The Morgan fingerprint density at radius 1 is 1.38 bits per heavy atom. The lowest BCUT2D eigenvalue weighted by molar-refractivity contribution is 0.0691. The number of carboxylic acids is 1. The largest absolute Gasteiger partial charge is 0.476 e. The number of hydrogen-bond acceptors (Lipinski definition) is 3. The summed E-state index contributed by atoms with van der Waals surface area (Å²) in [4.78, 5) is 10.9. The molecule has 1 aromatic carbocycles. The monoisotopic (exact) mass is 217 g/mol. The van der Waals surface area contributed by atoms with E-state index in [1.165, 1.54) is 4.68 Å². The van der Waals surface area contributed by atoms with E-state index in [4.69, 9.17) is 10.8 Å². The molecule has 0 aliphatic heterocycles. The van der Waals surface area contributed by atoms with Gasteiger partial charge in [-0.25, -0.2) is 4.79 Å². The minimum Gasteiger partial charge on any atom is -0.476 e. The first-order valence-corrected chi connectivity index (χ1v) is 4.72. The van der Waals surface area contributed by atoms with Crippen LogP contribution < -0.4 is 5.73 Å². The third-order valence-corrected chi connectivity index (χ3v) is 2.33.